The number of esters is 1. The van der Waals surface area contributed by atoms with Gasteiger partial charge in [-0.05, 0) is 37.1 Å². The van der Waals surface area contributed by atoms with E-state index in [0.29, 0.717) is 27.8 Å². The van der Waals surface area contributed by atoms with Crippen LogP contribution in [0.3, 0.4) is 0 Å². The number of carbonyl (C=O) groups is 1. The van der Waals surface area contributed by atoms with Crippen LogP contribution in [0, 0.1) is 6.92 Å². The Morgan fingerprint density at radius 1 is 1.04 bits per heavy atom. The lowest BCUT2D eigenvalue weighted by Crippen LogP contribution is -2.16. The Morgan fingerprint density at radius 3 is 2.44 bits per heavy atom. The molecule has 0 bridgehead atoms. The van der Waals surface area contributed by atoms with E-state index in [1.165, 1.54) is 0 Å². The van der Waals surface area contributed by atoms with Gasteiger partial charge in [0, 0.05) is 5.39 Å². The summed E-state index contributed by atoms with van der Waals surface area (Å²) in [5, 5.41) is 1.77. The standard InChI is InChI=1S/C21H19Cl2NO3/c1-3-17-19(13(2)14-7-4-5-10-18(14)24-17)21(25)27-12-11-26-20-15(22)8-6-9-16(20)23/h4-10H,3,11-12H2,1-2H3. The minimum Gasteiger partial charge on any atom is -0.487 e. The zero-order valence-electron chi connectivity index (χ0n) is 15.1. The molecule has 0 unspecified atom stereocenters. The van der Waals surface area contributed by atoms with Gasteiger partial charge in [-0.2, -0.15) is 0 Å². The van der Waals surface area contributed by atoms with E-state index < -0.39 is 5.97 Å². The third-order valence-electron chi connectivity index (χ3n) is 4.25. The Bertz CT molecular complexity index is 968. The first-order chi connectivity index (χ1) is 13.0. The molecule has 2 aromatic carbocycles. The number of carbonyl (C=O) groups excluding carboxylic acids is 1. The summed E-state index contributed by atoms with van der Waals surface area (Å²) in [6.45, 7) is 4.11. The zero-order chi connectivity index (χ0) is 19.4. The number of halogens is 2. The number of aromatic nitrogens is 1. The topological polar surface area (TPSA) is 48.4 Å². The fraction of sp³-hybridized carbons (Fsp3) is 0.238. The van der Waals surface area contributed by atoms with Gasteiger partial charge >= 0.3 is 5.97 Å². The number of rotatable bonds is 6. The van der Waals surface area contributed by atoms with Crippen LogP contribution in [-0.2, 0) is 11.2 Å². The molecule has 6 heteroatoms. The van der Waals surface area contributed by atoms with Crippen molar-refractivity contribution < 1.29 is 14.3 Å². The number of fused-ring (bicyclic) bond motifs is 1. The Labute approximate surface area is 168 Å². The number of benzene rings is 2. The average Bonchev–Trinajstić information content (AvgIpc) is 2.66. The van der Waals surface area contributed by atoms with Crippen molar-refractivity contribution in [2.75, 3.05) is 13.2 Å². The van der Waals surface area contributed by atoms with Gasteiger partial charge in [-0.25, -0.2) is 4.79 Å². The van der Waals surface area contributed by atoms with Crippen LogP contribution in [0.25, 0.3) is 10.9 Å². The van der Waals surface area contributed by atoms with E-state index in [2.05, 4.69) is 4.98 Å². The van der Waals surface area contributed by atoms with Crippen molar-refractivity contribution in [3.63, 3.8) is 0 Å². The van der Waals surface area contributed by atoms with Gasteiger partial charge in [0.15, 0.2) is 5.75 Å². The maximum atomic E-state index is 12.7. The molecule has 0 spiro atoms. The normalized spacial score (nSPS) is 10.8. The molecule has 0 saturated carbocycles. The number of para-hydroxylation sites is 2. The maximum absolute atomic E-state index is 12.7. The van der Waals surface area contributed by atoms with Gasteiger partial charge in [0.2, 0.25) is 0 Å². The van der Waals surface area contributed by atoms with Crippen LogP contribution >= 0.6 is 23.2 Å². The van der Waals surface area contributed by atoms with E-state index in [9.17, 15) is 4.79 Å². The highest BCUT2D eigenvalue weighted by Crippen LogP contribution is 2.32. The highest BCUT2D eigenvalue weighted by Gasteiger charge is 2.19. The lowest BCUT2D eigenvalue weighted by atomic mass is 10.0. The second kappa shape index (κ2) is 8.59. The highest BCUT2D eigenvalue weighted by atomic mass is 35.5. The Kier molecular flexibility index (Phi) is 6.19. The fourth-order valence-corrected chi connectivity index (χ4v) is 3.44. The van der Waals surface area contributed by atoms with E-state index >= 15 is 0 Å². The van der Waals surface area contributed by atoms with Gasteiger partial charge in [-0.15, -0.1) is 0 Å². The van der Waals surface area contributed by atoms with Crippen LogP contribution in [0.5, 0.6) is 5.75 Å². The van der Waals surface area contributed by atoms with Crippen molar-refractivity contribution in [3.8, 4) is 5.75 Å². The number of aryl methyl sites for hydroxylation is 2. The van der Waals surface area contributed by atoms with Gasteiger partial charge in [-0.3, -0.25) is 4.98 Å². The molecule has 0 fully saturated rings. The van der Waals surface area contributed by atoms with Crippen molar-refractivity contribution in [1.29, 1.82) is 0 Å². The summed E-state index contributed by atoms with van der Waals surface area (Å²) >= 11 is 12.1. The van der Waals surface area contributed by atoms with Crippen LogP contribution in [0.1, 0.15) is 28.5 Å². The zero-order valence-corrected chi connectivity index (χ0v) is 16.6. The molecule has 0 atom stereocenters. The molecule has 140 valence electrons. The molecule has 1 heterocycles. The van der Waals surface area contributed by atoms with Crippen LogP contribution in [0.4, 0.5) is 0 Å². The van der Waals surface area contributed by atoms with Gasteiger partial charge in [0.1, 0.15) is 13.2 Å². The van der Waals surface area contributed by atoms with Gasteiger partial charge < -0.3 is 9.47 Å². The summed E-state index contributed by atoms with van der Waals surface area (Å²) < 4.78 is 11.0. The first-order valence-corrected chi connectivity index (χ1v) is 9.40. The Balaban J connectivity index is 1.72. The van der Waals surface area contributed by atoms with Gasteiger partial charge in [-0.1, -0.05) is 54.4 Å². The highest BCUT2D eigenvalue weighted by molar-refractivity contribution is 6.37. The van der Waals surface area contributed by atoms with Gasteiger partial charge in [0.05, 0.1) is 26.8 Å². The van der Waals surface area contributed by atoms with E-state index in [-0.39, 0.29) is 13.2 Å². The molecule has 1 aromatic heterocycles. The van der Waals surface area contributed by atoms with Crippen molar-refractivity contribution in [2.24, 2.45) is 0 Å². The molecule has 27 heavy (non-hydrogen) atoms. The third kappa shape index (κ3) is 4.18. The number of hydrogen-bond acceptors (Lipinski definition) is 4. The molecule has 0 amide bonds. The van der Waals surface area contributed by atoms with Gasteiger partial charge in [0.25, 0.3) is 0 Å². The summed E-state index contributed by atoms with van der Waals surface area (Å²) in [5.74, 6) is -0.0221. The summed E-state index contributed by atoms with van der Waals surface area (Å²) in [6.07, 6.45) is 0.641. The van der Waals surface area contributed by atoms with E-state index in [1.807, 2.05) is 38.1 Å². The van der Waals surface area contributed by atoms with E-state index in [0.717, 1.165) is 22.2 Å². The van der Waals surface area contributed by atoms with E-state index in [1.54, 1.807) is 18.2 Å². The fourth-order valence-electron chi connectivity index (χ4n) is 2.94. The minimum absolute atomic E-state index is 0.0792. The second-order valence-electron chi connectivity index (χ2n) is 5.96. The van der Waals surface area contributed by atoms with Crippen molar-refractivity contribution in [1.82, 2.24) is 4.98 Å². The van der Waals surface area contributed by atoms with Crippen molar-refractivity contribution in [3.05, 3.63) is 69.3 Å². The largest absolute Gasteiger partial charge is 0.487 e. The molecule has 0 N–H and O–H groups in total. The smallest absolute Gasteiger partial charge is 0.340 e. The molecular weight excluding hydrogens is 385 g/mol. The van der Waals surface area contributed by atoms with E-state index in [4.69, 9.17) is 32.7 Å². The average molecular weight is 404 g/mol. The number of nitrogens with zero attached hydrogens (tertiary/aromatic N) is 1. The molecule has 0 aliphatic heterocycles. The predicted molar refractivity (Wildman–Crippen MR) is 108 cm³/mol. The third-order valence-corrected chi connectivity index (χ3v) is 4.84. The monoisotopic (exact) mass is 403 g/mol. The Hall–Kier alpha value is -2.30. The summed E-state index contributed by atoms with van der Waals surface area (Å²) in [4.78, 5) is 17.3. The van der Waals surface area contributed by atoms with Crippen LogP contribution in [0.15, 0.2) is 42.5 Å². The summed E-state index contributed by atoms with van der Waals surface area (Å²) in [5.41, 5.74) is 3.00. The predicted octanol–water partition coefficient (Wildman–Crippen LogP) is 5.65. The lowest BCUT2D eigenvalue weighted by Gasteiger charge is -2.14. The SMILES string of the molecule is CCc1nc2ccccc2c(C)c1C(=O)OCCOc1c(Cl)cccc1Cl. The second-order valence-corrected chi connectivity index (χ2v) is 6.78. The Morgan fingerprint density at radius 2 is 1.74 bits per heavy atom. The van der Waals surface area contributed by atoms with Crippen molar-refractivity contribution >= 4 is 40.1 Å². The number of hydrogen-bond donors (Lipinski definition) is 0. The number of pyridine rings is 1. The first-order valence-electron chi connectivity index (χ1n) is 8.65. The summed E-state index contributed by atoms with van der Waals surface area (Å²) in [6, 6.07) is 12.9. The molecule has 0 aliphatic rings. The van der Waals surface area contributed by atoms with Crippen LogP contribution < -0.4 is 4.74 Å². The minimum atomic E-state index is -0.406. The lowest BCUT2D eigenvalue weighted by molar-refractivity contribution is 0.0448. The molecule has 3 rings (SSSR count). The quantitative estimate of drug-likeness (QED) is 0.394. The molecule has 0 aliphatic carbocycles. The molecule has 0 saturated heterocycles. The molecule has 4 nitrogen and oxygen atoms in total. The van der Waals surface area contributed by atoms with Crippen molar-refractivity contribution in [2.45, 2.75) is 20.3 Å². The summed E-state index contributed by atoms with van der Waals surface area (Å²) in [7, 11) is 0. The maximum Gasteiger partial charge on any atom is 0.340 e. The molecule has 0 radical (unpaired) electrons. The van der Waals surface area contributed by atoms with Crippen LogP contribution in [0.2, 0.25) is 10.0 Å². The number of ether oxygens (including phenoxy) is 2. The van der Waals surface area contributed by atoms with Crippen LogP contribution in [-0.4, -0.2) is 24.2 Å². The molecular formula is C21H19Cl2NO3. The first kappa shape index (κ1) is 19.5. The molecule has 3 aromatic rings.